The Morgan fingerprint density at radius 3 is 2.30 bits per heavy atom. The van der Waals surface area contributed by atoms with Gasteiger partial charge in [0.1, 0.15) is 11.6 Å². The summed E-state index contributed by atoms with van der Waals surface area (Å²) in [5.41, 5.74) is -0.263. The molecule has 2 rings (SSSR count). The van der Waals surface area contributed by atoms with Crippen molar-refractivity contribution in [2.24, 2.45) is 0 Å². The molecule has 1 aliphatic rings. The number of carbonyl (C=O) groups is 1. The van der Waals surface area contributed by atoms with Gasteiger partial charge in [-0.25, -0.2) is 4.39 Å². The zero-order valence-electron chi connectivity index (χ0n) is 12.5. The van der Waals surface area contributed by atoms with E-state index in [9.17, 15) is 9.18 Å². The normalized spacial score (nSPS) is 20.2. The Labute approximate surface area is 118 Å². The maximum atomic E-state index is 13.7. The Bertz CT molecular complexity index is 529. The lowest BCUT2D eigenvalue weighted by molar-refractivity contribution is -0.116. The molecule has 0 aromatic carbocycles. The molecule has 0 radical (unpaired) electrons. The number of pyridine rings is 1. The molecule has 2 heterocycles. The molecule has 0 N–H and O–H groups in total. The summed E-state index contributed by atoms with van der Waals surface area (Å²) < 4.78 is 25.3. The van der Waals surface area contributed by atoms with Gasteiger partial charge in [0.15, 0.2) is 0 Å². The lowest BCUT2D eigenvalue weighted by Crippen LogP contribution is -2.41. The summed E-state index contributed by atoms with van der Waals surface area (Å²) in [7, 11) is -0.721. The Morgan fingerprint density at radius 1 is 1.25 bits per heavy atom. The molecule has 1 aromatic rings. The molecule has 0 atom stereocenters. The smallest absolute Gasteiger partial charge is 0.398 e. The molecule has 0 saturated carbocycles. The Morgan fingerprint density at radius 2 is 1.80 bits per heavy atom. The number of aromatic nitrogens is 1. The highest BCUT2D eigenvalue weighted by molar-refractivity contribution is 6.61. The van der Waals surface area contributed by atoms with Crippen LogP contribution in [0.25, 0.3) is 0 Å². The average molecular weight is 279 g/mol. The van der Waals surface area contributed by atoms with Gasteiger partial charge in [0.25, 0.3) is 0 Å². The van der Waals surface area contributed by atoms with Crippen LogP contribution in [0.1, 0.15) is 40.3 Å². The minimum atomic E-state index is -0.721. The number of rotatable bonds is 3. The molecule has 0 bridgehead atoms. The highest BCUT2D eigenvalue weighted by Gasteiger charge is 2.52. The van der Waals surface area contributed by atoms with Crippen LogP contribution in [0.15, 0.2) is 12.1 Å². The first-order valence-electron chi connectivity index (χ1n) is 6.62. The predicted molar refractivity (Wildman–Crippen MR) is 74.3 cm³/mol. The van der Waals surface area contributed by atoms with E-state index in [0.29, 0.717) is 11.3 Å². The van der Waals surface area contributed by atoms with E-state index < -0.39 is 24.1 Å². The van der Waals surface area contributed by atoms with Crippen LogP contribution in [0.5, 0.6) is 0 Å². The topological polar surface area (TPSA) is 48.4 Å². The molecule has 1 fully saturated rings. The first-order valence-corrected chi connectivity index (χ1v) is 6.62. The van der Waals surface area contributed by atoms with Crippen LogP contribution in [0.2, 0.25) is 0 Å². The highest BCUT2D eigenvalue weighted by Crippen LogP contribution is 2.36. The van der Waals surface area contributed by atoms with Gasteiger partial charge in [-0.1, -0.05) is 0 Å². The van der Waals surface area contributed by atoms with E-state index >= 15 is 0 Å². The molecule has 0 spiro atoms. The highest BCUT2D eigenvalue weighted by atomic mass is 19.1. The molecule has 1 aliphatic heterocycles. The third-order valence-electron chi connectivity index (χ3n) is 3.79. The third kappa shape index (κ3) is 2.91. The molecule has 108 valence electrons. The van der Waals surface area contributed by atoms with Crippen molar-refractivity contribution in [2.45, 2.75) is 52.2 Å². The second-order valence-electron chi connectivity index (χ2n) is 6.17. The summed E-state index contributed by atoms with van der Waals surface area (Å²) in [6.07, 6.45) is 0.101. The van der Waals surface area contributed by atoms with Crippen molar-refractivity contribution in [1.29, 1.82) is 0 Å². The van der Waals surface area contributed by atoms with Crippen molar-refractivity contribution in [3.05, 3.63) is 23.6 Å². The maximum absolute atomic E-state index is 13.7. The summed E-state index contributed by atoms with van der Waals surface area (Å²) in [5.74, 6) is -0.510. The van der Waals surface area contributed by atoms with Gasteiger partial charge in [-0.15, -0.1) is 0 Å². The molecule has 20 heavy (non-hydrogen) atoms. The lowest BCUT2D eigenvalue weighted by atomic mass is 9.84. The summed E-state index contributed by atoms with van der Waals surface area (Å²) in [6, 6.07) is 2.54. The predicted octanol–water partition coefficient (Wildman–Crippen LogP) is 1.65. The molecule has 0 amide bonds. The first kappa shape index (κ1) is 15.1. The van der Waals surface area contributed by atoms with Crippen LogP contribution in [-0.4, -0.2) is 29.1 Å². The number of hydrogen-bond acceptors (Lipinski definition) is 4. The van der Waals surface area contributed by atoms with E-state index in [1.54, 1.807) is 0 Å². The minimum Gasteiger partial charge on any atom is -0.398 e. The third-order valence-corrected chi connectivity index (χ3v) is 3.79. The van der Waals surface area contributed by atoms with Crippen LogP contribution in [0.4, 0.5) is 4.39 Å². The van der Waals surface area contributed by atoms with Crippen LogP contribution in [0, 0.1) is 5.82 Å². The monoisotopic (exact) mass is 279 g/mol. The largest absolute Gasteiger partial charge is 0.514 e. The van der Waals surface area contributed by atoms with E-state index in [-0.39, 0.29) is 12.2 Å². The fourth-order valence-electron chi connectivity index (χ4n) is 2.00. The zero-order chi connectivity index (χ0) is 15.1. The van der Waals surface area contributed by atoms with Crippen molar-refractivity contribution in [3.63, 3.8) is 0 Å². The fraction of sp³-hybridized carbons (Fsp3) is 0.571. The lowest BCUT2D eigenvalue weighted by Gasteiger charge is -2.32. The summed E-state index contributed by atoms with van der Waals surface area (Å²) >= 11 is 0. The van der Waals surface area contributed by atoms with Crippen molar-refractivity contribution in [2.75, 3.05) is 0 Å². The van der Waals surface area contributed by atoms with Gasteiger partial charge in [-0.2, -0.15) is 0 Å². The minimum absolute atomic E-state index is 0.0667. The summed E-state index contributed by atoms with van der Waals surface area (Å²) in [4.78, 5) is 15.4. The van der Waals surface area contributed by atoms with Crippen molar-refractivity contribution in [3.8, 4) is 0 Å². The SMILES string of the molecule is CC(=O)Cc1cc(F)cc(B2OC(C)(C)C(C)(C)O2)n1. The maximum Gasteiger partial charge on any atom is 0.514 e. The van der Waals surface area contributed by atoms with Crippen LogP contribution >= 0.6 is 0 Å². The number of hydrogen-bond donors (Lipinski definition) is 0. The molecular weight excluding hydrogens is 260 g/mol. The first-order chi connectivity index (χ1) is 9.10. The zero-order valence-corrected chi connectivity index (χ0v) is 12.5. The van der Waals surface area contributed by atoms with E-state index in [1.807, 2.05) is 27.7 Å². The van der Waals surface area contributed by atoms with Crippen LogP contribution < -0.4 is 5.59 Å². The van der Waals surface area contributed by atoms with Crippen molar-refractivity contribution in [1.82, 2.24) is 4.98 Å². The molecule has 4 nitrogen and oxygen atoms in total. The van der Waals surface area contributed by atoms with Crippen LogP contribution in [-0.2, 0) is 20.5 Å². The van der Waals surface area contributed by atoms with E-state index in [4.69, 9.17) is 9.31 Å². The number of carbonyl (C=O) groups excluding carboxylic acids is 1. The second-order valence-corrected chi connectivity index (χ2v) is 6.17. The molecule has 0 aliphatic carbocycles. The van der Waals surface area contributed by atoms with E-state index in [0.717, 1.165) is 0 Å². The standard InChI is InChI=1S/C14H19BFNO3/c1-9(18)6-11-7-10(16)8-12(17-11)15-19-13(2,3)14(4,5)20-15/h7-8H,6H2,1-5H3. The molecular formula is C14H19BFNO3. The summed E-state index contributed by atoms with van der Waals surface area (Å²) in [6.45, 7) is 9.12. The number of Topliss-reactive ketones (excluding diaryl/α,β-unsaturated/α-hetero) is 1. The quantitative estimate of drug-likeness (QED) is 0.789. The Kier molecular flexibility index (Phi) is 3.73. The molecule has 1 aromatic heterocycles. The van der Waals surface area contributed by atoms with Gasteiger partial charge < -0.3 is 9.31 Å². The Balaban J connectivity index is 2.30. The molecule has 1 saturated heterocycles. The molecule has 0 unspecified atom stereocenters. The summed E-state index contributed by atoms with van der Waals surface area (Å²) in [5, 5.41) is 0. The number of ketones is 1. The van der Waals surface area contributed by atoms with Crippen molar-refractivity contribution < 1.29 is 18.5 Å². The number of halogens is 1. The second kappa shape index (κ2) is 4.93. The van der Waals surface area contributed by atoms with Crippen LogP contribution in [0.3, 0.4) is 0 Å². The van der Waals surface area contributed by atoms with Gasteiger partial charge in [-0.05, 0) is 46.8 Å². The van der Waals surface area contributed by atoms with Gasteiger partial charge >= 0.3 is 7.12 Å². The fourth-order valence-corrected chi connectivity index (χ4v) is 2.00. The van der Waals surface area contributed by atoms with Crippen molar-refractivity contribution >= 4 is 18.5 Å². The molecule has 6 heteroatoms. The van der Waals surface area contributed by atoms with Gasteiger partial charge in [-0.3, -0.25) is 9.78 Å². The van der Waals surface area contributed by atoms with E-state index in [2.05, 4.69) is 4.98 Å². The Hall–Kier alpha value is -1.27. The average Bonchev–Trinajstić information content (AvgIpc) is 2.46. The van der Waals surface area contributed by atoms with Gasteiger partial charge in [0.05, 0.1) is 22.5 Å². The van der Waals surface area contributed by atoms with E-state index in [1.165, 1.54) is 19.1 Å². The number of nitrogens with zero attached hydrogens (tertiary/aromatic N) is 1. The van der Waals surface area contributed by atoms with Gasteiger partial charge in [0.2, 0.25) is 0 Å². The van der Waals surface area contributed by atoms with Gasteiger partial charge in [0, 0.05) is 6.42 Å².